The Kier molecular flexibility index (Phi) is 4.02. The lowest BCUT2D eigenvalue weighted by Gasteiger charge is -2.18. The molecule has 1 aromatic carbocycles. The Morgan fingerprint density at radius 2 is 2.00 bits per heavy atom. The maximum absolute atomic E-state index is 4.15. The standard InChI is InChI=1S/C16H22N4/c1-19-13-17-10-15(19)11-18-16-7-3-2-6-14(16)12-20-8-4-5-9-20/h2-3,6-7,10,13,18H,4-5,8-9,11-12H2,1H3. The molecule has 1 saturated heterocycles. The van der Waals surface area contributed by atoms with Gasteiger partial charge in [0, 0.05) is 25.5 Å². The van der Waals surface area contributed by atoms with E-state index in [2.05, 4.69) is 44.0 Å². The van der Waals surface area contributed by atoms with Gasteiger partial charge in [0.25, 0.3) is 0 Å². The molecule has 0 unspecified atom stereocenters. The molecule has 106 valence electrons. The van der Waals surface area contributed by atoms with Crippen molar-refractivity contribution in [2.75, 3.05) is 18.4 Å². The van der Waals surface area contributed by atoms with Gasteiger partial charge in [-0.2, -0.15) is 0 Å². The van der Waals surface area contributed by atoms with E-state index in [4.69, 9.17) is 0 Å². The molecule has 0 spiro atoms. The number of anilines is 1. The van der Waals surface area contributed by atoms with Gasteiger partial charge in [0.1, 0.15) is 0 Å². The number of imidazole rings is 1. The number of benzene rings is 1. The molecule has 0 amide bonds. The van der Waals surface area contributed by atoms with Crippen LogP contribution in [0.25, 0.3) is 0 Å². The Morgan fingerprint density at radius 3 is 2.75 bits per heavy atom. The number of rotatable bonds is 5. The van der Waals surface area contributed by atoms with E-state index in [-0.39, 0.29) is 0 Å². The first-order valence-corrected chi connectivity index (χ1v) is 7.32. The number of aryl methyl sites for hydroxylation is 1. The molecule has 1 N–H and O–H groups in total. The number of para-hydroxylation sites is 1. The van der Waals surface area contributed by atoms with Crippen LogP contribution in [0.1, 0.15) is 24.1 Å². The Morgan fingerprint density at radius 1 is 1.20 bits per heavy atom. The van der Waals surface area contributed by atoms with Crippen molar-refractivity contribution < 1.29 is 0 Å². The molecule has 1 fully saturated rings. The minimum absolute atomic E-state index is 0.813. The lowest BCUT2D eigenvalue weighted by Crippen LogP contribution is -2.19. The largest absolute Gasteiger partial charge is 0.379 e. The Labute approximate surface area is 120 Å². The average Bonchev–Trinajstić information content (AvgIpc) is 3.10. The van der Waals surface area contributed by atoms with E-state index >= 15 is 0 Å². The molecule has 0 saturated carbocycles. The molecule has 0 bridgehead atoms. The number of hydrogen-bond donors (Lipinski definition) is 1. The smallest absolute Gasteiger partial charge is 0.0946 e. The fourth-order valence-corrected chi connectivity index (χ4v) is 2.75. The SMILES string of the molecule is Cn1cncc1CNc1ccccc1CN1CCCC1. The van der Waals surface area contributed by atoms with Crippen molar-refractivity contribution in [3.63, 3.8) is 0 Å². The van der Waals surface area contributed by atoms with Crippen molar-refractivity contribution in [1.82, 2.24) is 14.5 Å². The molecular formula is C16H22N4. The summed E-state index contributed by atoms with van der Waals surface area (Å²) in [6.45, 7) is 4.33. The highest BCUT2D eigenvalue weighted by Crippen LogP contribution is 2.20. The van der Waals surface area contributed by atoms with Crippen molar-refractivity contribution in [1.29, 1.82) is 0 Å². The summed E-state index contributed by atoms with van der Waals surface area (Å²) in [5, 5.41) is 3.54. The third-order valence-corrected chi connectivity index (χ3v) is 3.99. The van der Waals surface area contributed by atoms with Crippen LogP contribution in [0.2, 0.25) is 0 Å². The number of nitrogens with zero attached hydrogens (tertiary/aromatic N) is 3. The maximum Gasteiger partial charge on any atom is 0.0946 e. The highest BCUT2D eigenvalue weighted by molar-refractivity contribution is 5.51. The van der Waals surface area contributed by atoms with Crippen LogP contribution in [0.4, 0.5) is 5.69 Å². The summed E-state index contributed by atoms with van der Waals surface area (Å²) in [6.07, 6.45) is 6.43. The third kappa shape index (κ3) is 3.02. The van der Waals surface area contributed by atoms with Crippen molar-refractivity contribution in [2.45, 2.75) is 25.9 Å². The number of aromatic nitrogens is 2. The summed E-state index contributed by atoms with van der Waals surface area (Å²) in [7, 11) is 2.03. The van der Waals surface area contributed by atoms with Crippen LogP contribution in [0.3, 0.4) is 0 Å². The van der Waals surface area contributed by atoms with Crippen molar-refractivity contribution >= 4 is 5.69 Å². The summed E-state index contributed by atoms with van der Waals surface area (Å²) in [5.41, 5.74) is 3.82. The maximum atomic E-state index is 4.15. The summed E-state index contributed by atoms with van der Waals surface area (Å²) in [4.78, 5) is 6.69. The lowest BCUT2D eigenvalue weighted by atomic mass is 10.1. The van der Waals surface area contributed by atoms with Gasteiger partial charge in [-0.15, -0.1) is 0 Å². The quantitative estimate of drug-likeness (QED) is 0.906. The summed E-state index contributed by atoms with van der Waals surface area (Å²) in [6, 6.07) is 8.62. The molecule has 1 aliphatic rings. The van der Waals surface area contributed by atoms with Crippen molar-refractivity contribution in [3.05, 3.63) is 48.0 Å². The van der Waals surface area contributed by atoms with Gasteiger partial charge in [0.2, 0.25) is 0 Å². The van der Waals surface area contributed by atoms with Crippen LogP contribution in [-0.4, -0.2) is 27.5 Å². The Balaban J connectivity index is 1.67. The van der Waals surface area contributed by atoms with E-state index in [1.54, 1.807) is 0 Å². The molecule has 3 rings (SSSR count). The predicted molar refractivity (Wildman–Crippen MR) is 81.5 cm³/mol. The van der Waals surface area contributed by atoms with E-state index in [0.29, 0.717) is 0 Å². The third-order valence-electron chi connectivity index (χ3n) is 3.99. The summed E-state index contributed by atoms with van der Waals surface area (Å²) in [5.74, 6) is 0. The van der Waals surface area contributed by atoms with Crippen LogP contribution >= 0.6 is 0 Å². The van der Waals surface area contributed by atoms with Gasteiger partial charge in [-0.25, -0.2) is 4.98 Å². The second kappa shape index (κ2) is 6.09. The summed E-state index contributed by atoms with van der Waals surface area (Å²) >= 11 is 0. The van der Waals surface area contributed by atoms with E-state index < -0.39 is 0 Å². The van der Waals surface area contributed by atoms with Crippen LogP contribution in [0, 0.1) is 0 Å². The monoisotopic (exact) mass is 270 g/mol. The number of likely N-dealkylation sites (tertiary alicyclic amines) is 1. The number of hydrogen-bond acceptors (Lipinski definition) is 3. The molecule has 2 aromatic rings. The van der Waals surface area contributed by atoms with E-state index in [1.165, 1.54) is 42.9 Å². The zero-order valence-electron chi connectivity index (χ0n) is 12.0. The fourth-order valence-electron chi connectivity index (χ4n) is 2.75. The topological polar surface area (TPSA) is 33.1 Å². The molecule has 1 aromatic heterocycles. The molecule has 0 radical (unpaired) electrons. The van der Waals surface area contributed by atoms with Crippen LogP contribution in [-0.2, 0) is 20.1 Å². The molecule has 4 nitrogen and oxygen atoms in total. The van der Waals surface area contributed by atoms with E-state index in [1.807, 2.05) is 19.6 Å². The van der Waals surface area contributed by atoms with E-state index in [0.717, 1.165) is 13.1 Å². The summed E-state index contributed by atoms with van der Waals surface area (Å²) < 4.78 is 2.05. The highest BCUT2D eigenvalue weighted by atomic mass is 15.1. The zero-order chi connectivity index (χ0) is 13.8. The molecule has 4 heteroatoms. The minimum Gasteiger partial charge on any atom is -0.379 e. The molecule has 0 atom stereocenters. The first-order valence-electron chi connectivity index (χ1n) is 7.32. The fraction of sp³-hybridized carbons (Fsp3) is 0.438. The first kappa shape index (κ1) is 13.2. The van der Waals surface area contributed by atoms with Gasteiger partial charge in [-0.05, 0) is 37.6 Å². The highest BCUT2D eigenvalue weighted by Gasteiger charge is 2.13. The van der Waals surface area contributed by atoms with Gasteiger partial charge in [0.05, 0.1) is 18.6 Å². The predicted octanol–water partition coefficient (Wildman–Crippen LogP) is 2.63. The average molecular weight is 270 g/mol. The van der Waals surface area contributed by atoms with Crippen molar-refractivity contribution in [2.24, 2.45) is 7.05 Å². The molecule has 1 aliphatic heterocycles. The lowest BCUT2D eigenvalue weighted by molar-refractivity contribution is 0.332. The Hall–Kier alpha value is -1.81. The van der Waals surface area contributed by atoms with Gasteiger partial charge < -0.3 is 9.88 Å². The second-order valence-electron chi connectivity index (χ2n) is 5.49. The van der Waals surface area contributed by atoms with Crippen molar-refractivity contribution in [3.8, 4) is 0 Å². The Bertz CT molecular complexity index is 555. The zero-order valence-corrected chi connectivity index (χ0v) is 12.0. The molecule has 20 heavy (non-hydrogen) atoms. The van der Waals surface area contributed by atoms with Crippen LogP contribution < -0.4 is 5.32 Å². The van der Waals surface area contributed by atoms with Crippen LogP contribution in [0.5, 0.6) is 0 Å². The van der Waals surface area contributed by atoms with Gasteiger partial charge >= 0.3 is 0 Å². The second-order valence-corrected chi connectivity index (χ2v) is 5.49. The normalized spacial score (nSPS) is 15.7. The van der Waals surface area contributed by atoms with Crippen LogP contribution in [0.15, 0.2) is 36.8 Å². The minimum atomic E-state index is 0.813. The van der Waals surface area contributed by atoms with E-state index in [9.17, 15) is 0 Å². The van der Waals surface area contributed by atoms with Gasteiger partial charge in [0.15, 0.2) is 0 Å². The number of nitrogens with one attached hydrogen (secondary N) is 1. The van der Waals surface area contributed by atoms with Gasteiger partial charge in [-0.1, -0.05) is 18.2 Å². The molecule has 0 aliphatic carbocycles. The molecular weight excluding hydrogens is 248 g/mol. The first-order chi connectivity index (χ1) is 9.83. The molecule has 2 heterocycles. The van der Waals surface area contributed by atoms with Gasteiger partial charge in [-0.3, -0.25) is 4.90 Å².